The normalized spacial score (nSPS) is 11.2. The molecule has 0 unspecified atom stereocenters. The molecule has 0 aliphatic rings. The highest BCUT2D eigenvalue weighted by molar-refractivity contribution is 6.03. The lowest BCUT2D eigenvalue weighted by atomic mass is 10.2. The molecular formula is C12H9F3N4O. The zero-order chi connectivity index (χ0) is 14.8. The number of carbonyl (C=O) groups is 1. The average molecular weight is 282 g/mol. The molecule has 0 spiro atoms. The first-order chi connectivity index (χ1) is 9.39. The maximum atomic E-state index is 12.4. The third-order valence-electron chi connectivity index (χ3n) is 2.42. The summed E-state index contributed by atoms with van der Waals surface area (Å²) < 4.78 is 37.1. The summed E-state index contributed by atoms with van der Waals surface area (Å²) in [5.74, 6) is 4.76. The summed E-state index contributed by atoms with van der Waals surface area (Å²) in [7, 11) is 0. The molecule has 2 heterocycles. The first kappa shape index (κ1) is 13.9. The van der Waals surface area contributed by atoms with E-state index in [1.807, 2.05) is 0 Å². The van der Waals surface area contributed by atoms with Crippen LogP contribution in [0.4, 0.5) is 19.0 Å². The Morgan fingerprint density at radius 3 is 2.40 bits per heavy atom. The van der Waals surface area contributed by atoms with E-state index in [1.165, 1.54) is 12.3 Å². The number of hydrogen-bond donors (Lipinski definition) is 1. The first-order valence-corrected chi connectivity index (χ1v) is 5.43. The van der Waals surface area contributed by atoms with Crippen LogP contribution in [0.15, 0.2) is 42.7 Å². The van der Waals surface area contributed by atoms with Crippen LogP contribution in [0.2, 0.25) is 0 Å². The van der Waals surface area contributed by atoms with Gasteiger partial charge in [-0.2, -0.15) is 13.2 Å². The Morgan fingerprint density at radius 1 is 1.15 bits per heavy atom. The van der Waals surface area contributed by atoms with Gasteiger partial charge in [0.25, 0.3) is 5.91 Å². The van der Waals surface area contributed by atoms with E-state index >= 15 is 0 Å². The van der Waals surface area contributed by atoms with Gasteiger partial charge in [0.15, 0.2) is 0 Å². The number of amides is 1. The van der Waals surface area contributed by atoms with Crippen LogP contribution in [-0.4, -0.2) is 15.9 Å². The van der Waals surface area contributed by atoms with Crippen LogP contribution in [0.3, 0.4) is 0 Å². The number of rotatable bonds is 2. The molecule has 1 amide bonds. The lowest BCUT2D eigenvalue weighted by Gasteiger charge is -2.15. The quantitative estimate of drug-likeness (QED) is 0.519. The largest absolute Gasteiger partial charge is 0.417 e. The van der Waals surface area contributed by atoms with Crippen molar-refractivity contribution in [3.8, 4) is 0 Å². The molecule has 2 N–H and O–H groups in total. The standard InChI is InChI=1S/C12H9F3N4O/c13-12(14,15)8-4-5-10(18-7-8)19(16)11(20)9-3-1-2-6-17-9/h1-7H,16H2. The van der Waals surface area contributed by atoms with Crippen LogP contribution < -0.4 is 10.9 Å². The lowest BCUT2D eigenvalue weighted by Crippen LogP contribution is -2.38. The molecular weight excluding hydrogens is 273 g/mol. The maximum absolute atomic E-state index is 12.4. The number of carbonyl (C=O) groups excluding carboxylic acids is 1. The Kier molecular flexibility index (Phi) is 3.66. The Balaban J connectivity index is 2.22. The van der Waals surface area contributed by atoms with Gasteiger partial charge in [-0.1, -0.05) is 6.07 Å². The number of nitrogens with zero attached hydrogens (tertiary/aromatic N) is 3. The number of pyridine rings is 2. The van der Waals surface area contributed by atoms with Crippen LogP contribution in [0.25, 0.3) is 0 Å². The highest BCUT2D eigenvalue weighted by Crippen LogP contribution is 2.29. The van der Waals surface area contributed by atoms with Crippen molar-refractivity contribution in [1.82, 2.24) is 9.97 Å². The zero-order valence-corrected chi connectivity index (χ0v) is 10.0. The molecule has 0 aliphatic heterocycles. The minimum absolute atomic E-state index is 0.0664. The molecule has 20 heavy (non-hydrogen) atoms. The van der Waals surface area contributed by atoms with Crippen molar-refractivity contribution in [2.24, 2.45) is 5.84 Å². The number of anilines is 1. The van der Waals surface area contributed by atoms with Gasteiger partial charge in [-0.05, 0) is 24.3 Å². The van der Waals surface area contributed by atoms with Gasteiger partial charge in [0.05, 0.1) is 5.56 Å². The molecule has 0 atom stereocenters. The van der Waals surface area contributed by atoms with E-state index in [1.54, 1.807) is 12.1 Å². The van der Waals surface area contributed by atoms with Crippen molar-refractivity contribution in [2.75, 3.05) is 5.01 Å². The minimum atomic E-state index is -4.49. The minimum Gasteiger partial charge on any atom is -0.265 e. The predicted octanol–water partition coefficient (Wildman–Crippen LogP) is 2.02. The van der Waals surface area contributed by atoms with Crippen molar-refractivity contribution < 1.29 is 18.0 Å². The van der Waals surface area contributed by atoms with Gasteiger partial charge >= 0.3 is 6.18 Å². The van der Waals surface area contributed by atoms with Crippen molar-refractivity contribution in [3.63, 3.8) is 0 Å². The molecule has 0 aliphatic carbocycles. The summed E-state index contributed by atoms with van der Waals surface area (Å²) in [5, 5.41) is 0.641. The number of aromatic nitrogens is 2. The van der Waals surface area contributed by atoms with E-state index in [2.05, 4.69) is 9.97 Å². The van der Waals surface area contributed by atoms with Crippen LogP contribution in [0, 0.1) is 0 Å². The summed E-state index contributed by atoms with van der Waals surface area (Å²) in [6, 6.07) is 6.46. The molecule has 2 aromatic heterocycles. The van der Waals surface area contributed by atoms with E-state index in [0.717, 1.165) is 12.1 Å². The fraction of sp³-hybridized carbons (Fsp3) is 0.0833. The third kappa shape index (κ3) is 2.91. The van der Waals surface area contributed by atoms with Crippen LogP contribution in [-0.2, 0) is 6.18 Å². The summed E-state index contributed by atoms with van der Waals surface area (Å²) in [4.78, 5) is 19.2. The summed E-state index contributed by atoms with van der Waals surface area (Å²) in [6.45, 7) is 0. The number of nitrogens with two attached hydrogens (primary N) is 1. The van der Waals surface area contributed by atoms with E-state index in [0.29, 0.717) is 11.2 Å². The van der Waals surface area contributed by atoms with Gasteiger partial charge in [-0.15, -0.1) is 0 Å². The molecule has 2 aromatic rings. The van der Waals surface area contributed by atoms with Gasteiger partial charge in [0.2, 0.25) is 0 Å². The van der Waals surface area contributed by atoms with Crippen LogP contribution >= 0.6 is 0 Å². The number of alkyl halides is 3. The molecule has 0 saturated carbocycles. The maximum Gasteiger partial charge on any atom is 0.417 e. The fourth-order valence-electron chi connectivity index (χ4n) is 1.41. The second kappa shape index (κ2) is 5.25. The van der Waals surface area contributed by atoms with Crippen molar-refractivity contribution in [1.29, 1.82) is 0 Å². The number of halogens is 3. The molecule has 0 fully saturated rings. The summed E-state index contributed by atoms with van der Waals surface area (Å²) in [6.07, 6.45) is -2.47. The summed E-state index contributed by atoms with van der Waals surface area (Å²) in [5.41, 5.74) is -0.850. The predicted molar refractivity (Wildman–Crippen MR) is 64.5 cm³/mol. The van der Waals surface area contributed by atoms with Gasteiger partial charge in [0, 0.05) is 12.4 Å². The van der Waals surface area contributed by atoms with Crippen molar-refractivity contribution in [2.45, 2.75) is 6.18 Å². The number of hydrazine groups is 1. The molecule has 0 aromatic carbocycles. The van der Waals surface area contributed by atoms with Gasteiger partial charge in [-0.25, -0.2) is 15.8 Å². The Bertz CT molecular complexity index is 598. The Labute approximate surface area is 111 Å². The van der Waals surface area contributed by atoms with E-state index in [4.69, 9.17) is 5.84 Å². The second-order valence-electron chi connectivity index (χ2n) is 3.79. The van der Waals surface area contributed by atoms with Crippen molar-refractivity contribution in [3.05, 3.63) is 54.0 Å². The van der Waals surface area contributed by atoms with Crippen LogP contribution in [0.5, 0.6) is 0 Å². The second-order valence-corrected chi connectivity index (χ2v) is 3.79. The monoisotopic (exact) mass is 282 g/mol. The first-order valence-electron chi connectivity index (χ1n) is 5.43. The highest BCUT2D eigenvalue weighted by atomic mass is 19.4. The molecule has 104 valence electrons. The Hall–Kier alpha value is -2.48. The SMILES string of the molecule is NN(C(=O)c1ccccn1)c1ccc(C(F)(F)F)cn1. The van der Waals surface area contributed by atoms with E-state index in [9.17, 15) is 18.0 Å². The lowest BCUT2D eigenvalue weighted by molar-refractivity contribution is -0.137. The number of hydrogen-bond acceptors (Lipinski definition) is 4. The zero-order valence-electron chi connectivity index (χ0n) is 10.0. The smallest absolute Gasteiger partial charge is 0.265 e. The molecule has 8 heteroatoms. The van der Waals surface area contributed by atoms with Gasteiger partial charge < -0.3 is 0 Å². The van der Waals surface area contributed by atoms with E-state index < -0.39 is 17.6 Å². The molecule has 2 rings (SSSR count). The topological polar surface area (TPSA) is 72.1 Å². The van der Waals surface area contributed by atoms with Crippen LogP contribution in [0.1, 0.15) is 16.1 Å². The molecule has 0 saturated heterocycles. The molecule has 0 bridgehead atoms. The molecule has 5 nitrogen and oxygen atoms in total. The van der Waals surface area contributed by atoms with Crippen molar-refractivity contribution >= 4 is 11.7 Å². The highest BCUT2D eigenvalue weighted by Gasteiger charge is 2.31. The summed E-state index contributed by atoms with van der Waals surface area (Å²) >= 11 is 0. The van der Waals surface area contributed by atoms with Gasteiger partial charge in [0.1, 0.15) is 11.5 Å². The molecule has 0 radical (unpaired) electrons. The average Bonchev–Trinajstić information content (AvgIpc) is 2.46. The van der Waals surface area contributed by atoms with E-state index in [-0.39, 0.29) is 11.5 Å². The third-order valence-corrected chi connectivity index (χ3v) is 2.42. The fourth-order valence-corrected chi connectivity index (χ4v) is 1.41. The van der Waals surface area contributed by atoms with Gasteiger partial charge in [-0.3, -0.25) is 9.78 Å². The Morgan fingerprint density at radius 2 is 1.90 bits per heavy atom.